The summed E-state index contributed by atoms with van der Waals surface area (Å²) < 4.78 is 23.5. The second-order valence-electron chi connectivity index (χ2n) is 1.99. The molecule has 2 nitrogen and oxygen atoms in total. The van der Waals surface area contributed by atoms with Crippen molar-refractivity contribution in [2.75, 3.05) is 13.7 Å². The third-order valence-electron chi connectivity index (χ3n) is 1.15. The highest BCUT2D eigenvalue weighted by Gasteiger charge is 2.16. The highest BCUT2D eigenvalue weighted by molar-refractivity contribution is 8.93. The van der Waals surface area contributed by atoms with E-state index in [4.69, 9.17) is 0 Å². The van der Waals surface area contributed by atoms with Crippen LogP contribution in [0.25, 0.3) is 0 Å². The Morgan fingerprint density at radius 2 is 1.91 bits per heavy atom. The van der Waals surface area contributed by atoms with E-state index in [2.05, 4.69) is 0 Å². The third-order valence-corrected chi connectivity index (χ3v) is 1.15. The van der Waals surface area contributed by atoms with Gasteiger partial charge < -0.3 is 9.80 Å². The lowest BCUT2D eigenvalue weighted by molar-refractivity contribution is -0.00185. The summed E-state index contributed by atoms with van der Waals surface area (Å²) in [4.78, 5) is 2.65. The number of rotatable bonds is 1. The number of alkyl halides is 2. The van der Waals surface area contributed by atoms with E-state index in [9.17, 15) is 8.78 Å². The molecule has 11 heavy (non-hydrogen) atoms. The molecule has 0 fully saturated rings. The van der Waals surface area contributed by atoms with Crippen molar-refractivity contribution in [3.8, 4) is 0 Å². The molecule has 1 rings (SSSR count). The fourth-order valence-corrected chi connectivity index (χ4v) is 0.678. The minimum absolute atomic E-state index is 0. The zero-order valence-corrected chi connectivity index (χ0v) is 8.44. The SMILES string of the molecule is Br.CN1C=CN(C(F)F)C1.Cl. The van der Waals surface area contributed by atoms with E-state index < -0.39 is 6.55 Å². The van der Waals surface area contributed by atoms with Gasteiger partial charge in [-0.15, -0.1) is 29.4 Å². The van der Waals surface area contributed by atoms with Gasteiger partial charge in [0.25, 0.3) is 0 Å². The van der Waals surface area contributed by atoms with E-state index in [1.54, 1.807) is 18.1 Å². The summed E-state index contributed by atoms with van der Waals surface area (Å²) in [5.41, 5.74) is 0. The molecule has 0 aliphatic carbocycles. The van der Waals surface area contributed by atoms with Crippen LogP contribution in [0.5, 0.6) is 0 Å². The molecule has 6 heteroatoms. The van der Waals surface area contributed by atoms with Crippen LogP contribution >= 0.6 is 29.4 Å². The molecule has 0 saturated heterocycles. The first-order valence-corrected chi connectivity index (χ1v) is 2.62. The Labute approximate surface area is 81.0 Å². The average molecular weight is 252 g/mol. The number of hydrogen-bond donors (Lipinski definition) is 0. The van der Waals surface area contributed by atoms with Crippen molar-refractivity contribution in [3.63, 3.8) is 0 Å². The molecule has 1 aliphatic heterocycles. The monoisotopic (exact) mass is 250 g/mol. The maximum Gasteiger partial charge on any atom is 0.316 e. The zero-order valence-electron chi connectivity index (χ0n) is 5.91. The molecule has 0 unspecified atom stereocenters. The van der Waals surface area contributed by atoms with E-state index >= 15 is 0 Å². The second-order valence-corrected chi connectivity index (χ2v) is 1.99. The molecule has 0 N–H and O–H groups in total. The quantitative estimate of drug-likeness (QED) is 0.657. The minimum atomic E-state index is -2.37. The fraction of sp³-hybridized carbons (Fsp3) is 0.600. The van der Waals surface area contributed by atoms with Gasteiger partial charge in [0.15, 0.2) is 0 Å². The van der Waals surface area contributed by atoms with Gasteiger partial charge >= 0.3 is 6.55 Å². The van der Waals surface area contributed by atoms with Crippen LogP contribution in [0.2, 0.25) is 0 Å². The number of halogens is 4. The first-order valence-electron chi connectivity index (χ1n) is 2.62. The Bertz CT molecular complexity index is 134. The van der Waals surface area contributed by atoms with E-state index in [1.807, 2.05) is 0 Å². The van der Waals surface area contributed by atoms with Gasteiger partial charge in [0.2, 0.25) is 0 Å². The van der Waals surface area contributed by atoms with Crippen LogP contribution in [-0.4, -0.2) is 30.1 Å². The third kappa shape index (κ3) is 3.76. The smallest absolute Gasteiger partial charge is 0.316 e. The Balaban J connectivity index is 0. The van der Waals surface area contributed by atoms with Crippen molar-refractivity contribution in [3.05, 3.63) is 12.4 Å². The summed E-state index contributed by atoms with van der Waals surface area (Å²) in [5.74, 6) is 0. The van der Waals surface area contributed by atoms with Crippen LogP contribution in [0.15, 0.2) is 12.4 Å². The molecule has 0 atom stereocenters. The molecule has 0 aromatic carbocycles. The van der Waals surface area contributed by atoms with Gasteiger partial charge in [-0.2, -0.15) is 8.78 Å². The van der Waals surface area contributed by atoms with E-state index in [-0.39, 0.29) is 36.1 Å². The lowest BCUT2D eigenvalue weighted by Gasteiger charge is -2.15. The van der Waals surface area contributed by atoms with Crippen LogP contribution in [0.1, 0.15) is 0 Å². The maximum atomic E-state index is 11.8. The van der Waals surface area contributed by atoms with Gasteiger partial charge in [0.05, 0.1) is 6.67 Å². The van der Waals surface area contributed by atoms with Gasteiger partial charge in [-0.25, -0.2) is 0 Å². The van der Waals surface area contributed by atoms with Gasteiger partial charge in [-0.1, -0.05) is 0 Å². The fourth-order valence-electron chi connectivity index (χ4n) is 0.678. The van der Waals surface area contributed by atoms with Crippen LogP contribution < -0.4 is 0 Å². The maximum absolute atomic E-state index is 11.8. The van der Waals surface area contributed by atoms with Gasteiger partial charge in [-0.3, -0.25) is 0 Å². The van der Waals surface area contributed by atoms with Gasteiger partial charge in [0, 0.05) is 19.4 Å². The standard InChI is InChI=1S/C5H8F2N2.BrH.ClH/c1-8-2-3-9(4-8)5(6)7;;/h2-3,5H,4H2,1H3;2*1H. The topological polar surface area (TPSA) is 6.48 Å². The van der Waals surface area contributed by atoms with E-state index in [1.165, 1.54) is 6.20 Å². The predicted octanol–water partition coefficient (Wildman–Crippen LogP) is 1.88. The molecule has 0 radical (unpaired) electrons. The van der Waals surface area contributed by atoms with Crippen molar-refractivity contribution >= 4 is 29.4 Å². The van der Waals surface area contributed by atoms with Crippen molar-refractivity contribution < 1.29 is 8.78 Å². The van der Waals surface area contributed by atoms with Gasteiger partial charge in [-0.05, 0) is 0 Å². The van der Waals surface area contributed by atoms with Crippen LogP contribution in [0.4, 0.5) is 8.78 Å². The molecule has 0 aromatic rings. The van der Waals surface area contributed by atoms with Crippen molar-refractivity contribution in [1.82, 2.24) is 9.80 Å². The van der Waals surface area contributed by atoms with Gasteiger partial charge in [0.1, 0.15) is 0 Å². The highest BCUT2D eigenvalue weighted by atomic mass is 79.9. The molecule has 0 bridgehead atoms. The minimum Gasteiger partial charge on any atom is -0.361 e. The Morgan fingerprint density at radius 3 is 2.09 bits per heavy atom. The highest BCUT2D eigenvalue weighted by Crippen LogP contribution is 2.09. The van der Waals surface area contributed by atoms with Crippen molar-refractivity contribution in [2.24, 2.45) is 0 Å². The molecule has 68 valence electrons. The van der Waals surface area contributed by atoms with Crippen LogP contribution in [0.3, 0.4) is 0 Å². The molecule has 0 saturated carbocycles. The normalized spacial score (nSPS) is 14.9. The summed E-state index contributed by atoms with van der Waals surface area (Å²) in [5, 5.41) is 0. The van der Waals surface area contributed by atoms with Crippen molar-refractivity contribution in [2.45, 2.75) is 6.55 Å². The molecular formula is C5H10BrClF2N2. The summed E-state index contributed by atoms with van der Waals surface area (Å²) in [6.07, 6.45) is 3.00. The lowest BCUT2D eigenvalue weighted by Crippen LogP contribution is -2.26. The Hall–Kier alpha value is -0.0300. The second kappa shape index (κ2) is 5.60. The van der Waals surface area contributed by atoms with Crippen molar-refractivity contribution in [1.29, 1.82) is 0 Å². The number of hydrogen-bond acceptors (Lipinski definition) is 2. The molecule has 0 amide bonds. The van der Waals surface area contributed by atoms with E-state index in [0.29, 0.717) is 0 Å². The summed E-state index contributed by atoms with van der Waals surface area (Å²) in [7, 11) is 1.75. The molecule has 1 heterocycles. The molecular weight excluding hydrogens is 241 g/mol. The van der Waals surface area contributed by atoms with Crippen LogP contribution in [-0.2, 0) is 0 Å². The summed E-state index contributed by atoms with van der Waals surface area (Å²) in [6, 6.07) is 0. The summed E-state index contributed by atoms with van der Waals surface area (Å²) >= 11 is 0. The Kier molecular flexibility index (Phi) is 6.90. The van der Waals surface area contributed by atoms with E-state index in [0.717, 1.165) is 4.90 Å². The predicted molar refractivity (Wildman–Crippen MR) is 47.2 cm³/mol. The first kappa shape index (κ1) is 13.6. The average Bonchev–Trinajstić information content (AvgIpc) is 2.14. The molecule has 0 spiro atoms. The molecule has 0 aromatic heterocycles. The number of nitrogens with zero attached hydrogens (tertiary/aromatic N) is 2. The lowest BCUT2D eigenvalue weighted by atomic mass is 10.8. The molecule has 1 aliphatic rings. The zero-order chi connectivity index (χ0) is 6.85. The first-order chi connectivity index (χ1) is 4.20. The van der Waals surface area contributed by atoms with Crippen LogP contribution in [0, 0.1) is 0 Å². The Morgan fingerprint density at radius 1 is 1.36 bits per heavy atom. The summed E-state index contributed by atoms with van der Waals surface area (Å²) in [6.45, 7) is -2.08. The largest absolute Gasteiger partial charge is 0.361 e.